The van der Waals surface area contributed by atoms with Crippen LogP contribution in [0, 0.1) is 0 Å². The van der Waals surface area contributed by atoms with Gasteiger partial charge in [-0.2, -0.15) is 10.1 Å². The van der Waals surface area contributed by atoms with Crippen LogP contribution in [0.5, 0.6) is 0 Å². The van der Waals surface area contributed by atoms with E-state index in [9.17, 15) is 4.79 Å². The Hall–Kier alpha value is -2.22. The first kappa shape index (κ1) is 18.6. The van der Waals surface area contributed by atoms with E-state index in [0.717, 1.165) is 13.0 Å². The van der Waals surface area contributed by atoms with E-state index in [0.29, 0.717) is 30.5 Å². The number of likely N-dealkylation sites (N-methyl/N-ethyl adjacent to an activating group) is 1. The van der Waals surface area contributed by atoms with Gasteiger partial charge in [0.05, 0.1) is 6.54 Å². The summed E-state index contributed by atoms with van der Waals surface area (Å²) in [6, 6.07) is 2.25. The van der Waals surface area contributed by atoms with Gasteiger partial charge in [0.25, 0.3) is 5.91 Å². The summed E-state index contributed by atoms with van der Waals surface area (Å²) in [5.41, 5.74) is 0.656. The average Bonchev–Trinajstić information content (AvgIpc) is 3.33. The van der Waals surface area contributed by atoms with Crippen molar-refractivity contribution in [1.29, 1.82) is 0 Å². The van der Waals surface area contributed by atoms with Crippen LogP contribution in [0.2, 0.25) is 0 Å². The van der Waals surface area contributed by atoms with Crippen molar-refractivity contribution in [3.8, 4) is 0 Å². The summed E-state index contributed by atoms with van der Waals surface area (Å²) in [5, 5.41) is 8.32. The second-order valence-corrected chi connectivity index (χ2v) is 7.57. The molecule has 0 radical (unpaired) electrons. The first-order valence-corrected chi connectivity index (χ1v) is 9.22. The number of likely N-dealkylation sites (tertiary alicyclic amines) is 1. The Bertz CT molecular complexity index is 750. The molecule has 2 aromatic heterocycles. The van der Waals surface area contributed by atoms with Crippen LogP contribution >= 0.6 is 0 Å². The van der Waals surface area contributed by atoms with Crippen molar-refractivity contribution in [1.82, 2.24) is 29.7 Å². The molecule has 26 heavy (non-hydrogen) atoms. The predicted octanol–water partition coefficient (Wildman–Crippen LogP) is 2.32. The third-order valence-corrected chi connectivity index (χ3v) is 4.82. The monoisotopic (exact) mass is 360 g/mol. The minimum atomic E-state index is 0.0498. The van der Waals surface area contributed by atoms with E-state index in [1.165, 1.54) is 0 Å². The summed E-state index contributed by atoms with van der Waals surface area (Å²) >= 11 is 0. The fourth-order valence-corrected chi connectivity index (χ4v) is 3.26. The maximum atomic E-state index is 12.8. The second kappa shape index (κ2) is 7.57. The van der Waals surface area contributed by atoms with E-state index in [-0.39, 0.29) is 23.9 Å². The van der Waals surface area contributed by atoms with Crippen LogP contribution < -0.4 is 0 Å². The van der Waals surface area contributed by atoms with Gasteiger partial charge in [-0.05, 0) is 33.4 Å². The van der Waals surface area contributed by atoms with Crippen molar-refractivity contribution in [2.45, 2.75) is 58.7 Å². The molecular formula is C18H28N6O2. The summed E-state index contributed by atoms with van der Waals surface area (Å²) in [7, 11) is 2.04. The number of rotatable bonds is 6. The van der Waals surface area contributed by atoms with Gasteiger partial charge in [0, 0.05) is 37.3 Å². The maximum absolute atomic E-state index is 12.8. The molecule has 1 unspecified atom stereocenters. The van der Waals surface area contributed by atoms with Crippen molar-refractivity contribution in [3.05, 3.63) is 29.7 Å². The number of hydrogen-bond donors (Lipinski definition) is 0. The maximum Gasteiger partial charge on any atom is 0.272 e. The van der Waals surface area contributed by atoms with Crippen molar-refractivity contribution >= 4 is 5.91 Å². The molecule has 3 heterocycles. The van der Waals surface area contributed by atoms with Crippen LogP contribution in [0.15, 0.2) is 16.8 Å². The van der Waals surface area contributed by atoms with E-state index in [2.05, 4.69) is 20.1 Å². The van der Waals surface area contributed by atoms with Crippen LogP contribution in [-0.4, -0.2) is 61.8 Å². The van der Waals surface area contributed by atoms with Gasteiger partial charge in [-0.25, -0.2) is 0 Å². The minimum Gasteiger partial charge on any atom is -0.339 e. The Morgan fingerprint density at radius 2 is 2.15 bits per heavy atom. The molecule has 0 saturated carbocycles. The molecule has 0 aliphatic carbocycles. The van der Waals surface area contributed by atoms with Crippen molar-refractivity contribution < 1.29 is 9.32 Å². The third-order valence-electron chi connectivity index (χ3n) is 4.82. The van der Waals surface area contributed by atoms with Gasteiger partial charge in [-0.15, -0.1) is 0 Å². The highest BCUT2D eigenvalue weighted by molar-refractivity contribution is 5.92. The average molecular weight is 360 g/mol. The standard InChI is InChI=1S/C18H28N6O2/c1-12(2)17-20-16(21-26-17)11-22(5)14-7-9-23(10-14)18(25)15-6-8-19-24(15)13(3)4/h6,8,12-14H,7,9-11H2,1-5H3. The van der Waals surface area contributed by atoms with E-state index >= 15 is 0 Å². The number of carbonyl (C=O) groups is 1. The van der Waals surface area contributed by atoms with Crippen molar-refractivity contribution in [2.75, 3.05) is 20.1 Å². The Morgan fingerprint density at radius 1 is 1.38 bits per heavy atom. The smallest absolute Gasteiger partial charge is 0.272 e. The van der Waals surface area contributed by atoms with Crippen LogP contribution in [-0.2, 0) is 6.54 Å². The quantitative estimate of drug-likeness (QED) is 0.786. The molecule has 3 rings (SSSR count). The van der Waals surface area contributed by atoms with Crippen molar-refractivity contribution in [2.24, 2.45) is 0 Å². The number of nitrogens with zero attached hydrogens (tertiary/aromatic N) is 6. The highest BCUT2D eigenvalue weighted by Gasteiger charge is 2.31. The van der Waals surface area contributed by atoms with Gasteiger partial charge in [0.2, 0.25) is 5.89 Å². The van der Waals surface area contributed by atoms with Crippen LogP contribution in [0.4, 0.5) is 0 Å². The van der Waals surface area contributed by atoms with Gasteiger partial charge in [0.15, 0.2) is 5.82 Å². The molecule has 0 aromatic carbocycles. The molecule has 1 aliphatic rings. The number of aromatic nitrogens is 4. The molecule has 1 atom stereocenters. The lowest BCUT2D eigenvalue weighted by atomic mass is 10.2. The van der Waals surface area contributed by atoms with Gasteiger partial charge in [0.1, 0.15) is 5.69 Å². The van der Waals surface area contributed by atoms with E-state index in [1.807, 2.05) is 39.6 Å². The Balaban J connectivity index is 1.60. The summed E-state index contributed by atoms with van der Waals surface area (Å²) in [6.45, 7) is 10.2. The van der Waals surface area contributed by atoms with Gasteiger partial charge < -0.3 is 9.42 Å². The Morgan fingerprint density at radius 3 is 2.81 bits per heavy atom. The zero-order valence-electron chi connectivity index (χ0n) is 16.2. The molecule has 8 heteroatoms. The lowest BCUT2D eigenvalue weighted by molar-refractivity contribution is 0.0764. The lowest BCUT2D eigenvalue weighted by Crippen LogP contribution is -2.37. The molecule has 2 aromatic rings. The highest BCUT2D eigenvalue weighted by atomic mass is 16.5. The molecule has 1 fully saturated rings. The topological polar surface area (TPSA) is 80.3 Å². The summed E-state index contributed by atoms with van der Waals surface area (Å²) < 4.78 is 7.06. The first-order chi connectivity index (χ1) is 12.4. The Kier molecular flexibility index (Phi) is 5.41. The fraction of sp³-hybridized carbons (Fsp3) is 0.667. The molecule has 1 aliphatic heterocycles. The number of hydrogen-bond acceptors (Lipinski definition) is 6. The zero-order valence-corrected chi connectivity index (χ0v) is 16.2. The minimum absolute atomic E-state index is 0.0498. The molecular weight excluding hydrogens is 332 g/mol. The molecule has 0 N–H and O–H groups in total. The van der Waals surface area contributed by atoms with Crippen LogP contribution in [0.3, 0.4) is 0 Å². The predicted molar refractivity (Wildman–Crippen MR) is 96.8 cm³/mol. The zero-order chi connectivity index (χ0) is 18.8. The highest BCUT2D eigenvalue weighted by Crippen LogP contribution is 2.20. The first-order valence-electron chi connectivity index (χ1n) is 9.22. The molecule has 1 amide bonds. The second-order valence-electron chi connectivity index (χ2n) is 7.57. The third kappa shape index (κ3) is 3.80. The normalized spacial score (nSPS) is 17.8. The van der Waals surface area contributed by atoms with E-state index < -0.39 is 0 Å². The largest absolute Gasteiger partial charge is 0.339 e. The van der Waals surface area contributed by atoms with Gasteiger partial charge >= 0.3 is 0 Å². The Labute approximate surface area is 154 Å². The molecule has 1 saturated heterocycles. The lowest BCUT2D eigenvalue weighted by Gasteiger charge is -2.23. The van der Waals surface area contributed by atoms with Gasteiger partial charge in [-0.3, -0.25) is 14.4 Å². The molecule has 0 spiro atoms. The summed E-state index contributed by atoms with van der Waals surface area (Å²) in [6.07, 6.45) is 2.63. The van der Waals surface area contributed by atoms with Gasteiger partial charge in [-0.1, -0.05) is 19.0 Å². The van der Waals surface area contributed by atoms with Crippen molar-refractivity contribution in [3.63, 3.8) is 0 Å². The number of carbonyl (C=O) groups excluding carboxylic acids is 1. The SMILES string of the molecule is CC(C)c1nc(CN(C)C2CCN(C(=O)c3ccnn3C(C)C)C2)no1. The van der Waals surface area contributed by atoms with Crippen LogP contribution in [0.25, 0.3) is 0 Å². The number of amides is 1. The fourth-order valence-electron chi connectivity index (χ4n) is 3.26. The summed E-state index contributed by atoms with van der Waals surface area (Å²) in [5.74, 6) is 1.64. The van der Waals surface area contributed by atoms with Crippen LogP contribution in [0.1, 0.15) is 68.3 Å². The molecule has 8 nitrogen and oxygen atoms in total. The molecule has 142 valence electrons. The van der Waals surface area contributed by atoms with E-state index in [4.69, 9.17) is 4.52 Å². The van der Waals surface area contributed by atoms with E-state index in [1.54, 1.807) is 16.9 Å². The molecule has 0 bridgehead atoms. The summed E-state index contributed by atoms with van der Waals surface area (Å²) in [4.78, 5) is 21.4.